The fraction of sp³-hybridized carbons (Fsp3) is 0.632. The molecule has 0 fully saturated rings. The van der Waals surface area contributed by atoms with Gasteiger partial charge in [-0.15, -0.1) is 22.7 Å². The Bertz CT molecular complexity index is 1290. The van der Waals surface area contributed by atoms with E-state index in [0.29, 0.717) is 11.0 Å². The van der Waals surface area contributed by atoms with Gasteiger partial charge in [0.15, 0.2) is 11.6 Å². The van der Waals surface area contributed by atoms with E-state index in [1.165, 1.54) is 149 Å². The second kappa shape index (κ2) is 20.5. The number of benzene rings is 1. The zero-order valence-electron chi connectivity index (χ0n) is 27.7. The van der Waals surface area contributed by atoms with Crippen molar-refractivity contribution in [3.63, 3.8) is 0 Å². The van der Waals surface area contributed by atoms with Gasteiger partial charge in [-0.05, 0) is 59.7 Å². The Morgan fingerprint density at radius 1 is 0.489 bits per heavy atom. The summed E-state index contributed by atoms with van der Waals surface area (Å²) < 4.78 is 40.5. The summed E-state index contributed by atoms with van der Waals surface area (Å²) in [5.41, 5.74) is 3.88. The van der Waals surface area contributed by atoms with E-state index >= 15 is 8.78 Å². The number of hydrogen-bond donors (Lipinski definition) is 0. The molecule has 0 radical (unpaired) electrons. The van der Waals surface area contributed by atoms with Crippen LogP contribution in [0.25, 0.3) is 31.9 Å². The number of fused-ring (bicyclic) bond motifs is 1. The van der Waals surface area contributed by atoms with Gasteiger partial charge in [0.1, 0.15) is 11.0 Å². The standard InChI is InChI=1S/C38H54F2N2S3/c1-3-5-7-9-11-13-15-17-19-21-23-29-25-31(43-27-29)33-35(39)36(40)34(38-37(33)41-45-42-38)32-26-30(28-44-32)24-22-20-18-16-14-12-10-8-6-4-2/h25-28H,3-24H2,1-2H3. The van der Waals surface area contributed by atoms with E-state index in [9.17, 15) is 0 Å². The Hall–Kier alpha value is -1.70. The molecule has 3 aromatic heterocycles. The second-order valence-corrected chi connectivity index (χ2v) is 15.2. The number of halogens is 2. The summed E-state index contributed by atoms with van der Waals surface area (Å²) in [4.78, 5) is 1.48. The molecule has 0 saturated heterocycles. The number of aryl methyl sites for hydroxylation is 2. The first-order chi connectivity index (χ1) is 22.1. The van der Waals surface area contributed by atoms with Gasteiger partial charge >= 0.3 is 0 Å². The minimum absolute atomic E-state index is 0.265. The van der Waals surface area contributed by atoms with E-state index in [1.807, 2.05) is 12.1 Å². The van der Waals surface area contributed by atoms with Crippen molar-refractivity contribution in [3.8, 4) is 20.9 Å². The topological polar surface area (TPSA) is 25.8 Å². The van der Waals surface area contributed by atoms with Crippen LogP contribution in [0.5, 0.6) is 0 Å². The Kier molecular flexibility index (Phi) is 16.5. The molecule has 0 atom stereocenters. The van der Waals surface area contributed by atoms with Crippen LogP contribution in [-0.2, 0) is 12.8 Å². The third-order valence-electron chi connectivity index (χ3n) is 9.03. The minimum Gasteiger partial charge on any atom is -0.203 e. The van der Waals surface area contributed by atoms with E-state index < -0.39 is 11.6 Å². The average molecular weight is 673 g/mol. The lowest BCUT2D eigenvalue weighted by atomic mass is 10.0. The number of nitrogens with zero attached hydrogens (tertiary/aromatic N) is 2. The molecular formula is C38H54F2N2S3. The lowest BCUT2D eigenvalue weighted by Crippen LogP contribution is -1.95. The minimum atomic E-state index is -0.804. The predicted molar refractivity (Wildman–Crippen MR) is 195 cm³/mol. The molecule has 0 spiro atoms. The van der Waals surface area contributed by atoms with Crippen LogP contribution >= 0.6 is 34.4 Å². The molecule has 0 unspecified atom stereocenters. The molecule has 0 aliphatic heterocycles. The Morgan fingerprint density at radius 2 is 0.822 bits per heavy atom. The number of hydrogen-bond acceptors (Lipinski definition) is 5. The molecule has 2 nitrogen and oxygen atoms in total. The van der Waals surface area contributed by atoms with Gasteiger partial charge in [0.2, 0.25) is 0 Å². The SMILES string of the molecule is CCCCCCCCCCCCc1csc(-c2c(F)c(F)c(-c3cc(CCCCCCCCCCCC)cs3)c3nsnc23)c1. The lowest BCUT2D eigenvalue weighted by molar-refractivity contribution is 0.516. The highest BCUT2D eigenvalue weighted by molar-refractivity contribution is 7.14. The molecule has 0 bridgehead atoms. The van der Waals surface area contributed by atoms with E-state index in [1.54, 1.807) is 0 Å². The zero-order chi connectivity index (χ0) is 31.7. The van der Waals surface area contributed by atoms with Crippen LogP contribution in [-0.4, -0.2) is 8.75 Å². The van der Waals surface area contributed by atoms with Crippen LogP contribution in [0.4, 0.5) is 8.78 Å². The fourth-order valence-electron chi connectivity index (χ4n) is 6.30. The van der Waals surface area contributed by atoms with E-state index in [0.717, 1.165) is 47.2 Å². The Balaban J connectivity index is 1.29. The first kappa shape index (κ1) is 36.1. The predicted octanol–water partition coefficient (Wildman–Crippen LogP) is 14.4. The maximum atomic E-state index is 15.8. The van der Waals surface area contributed by atoms with E-state index in [-0.39, 0.29) is 11.1 Å². The highest BCUT2D eigenvalue weighted by atomic mass is 32.1. The molecular weight excluding hydrogens is 619 g/mol. The fourth-order valence-corrected chi connectivity index (χ4v) is 8.84. The van der Waals surface area contributed by atoms with Gasteiger partial charge in [0.25, 0.3) is 0 Å². The van der Waals surface area contributed by atoms with Gasteiger partial charge in [-0.25, -0.2) is 8.78 Å². The molecule has 0 amide bonds. The quantitative estimate of drug-likeness (QED) is 0.0692. The molecule has 0 aliphatic rings. The van der Waals surface area contributed by atoms with Crippen molar-refractivity contribution in [2.24, 2.45) is 0 Å². The largest absolute Gasteiger partial charge is 0.203 e. The van der Waals surface area contributed by atoms with E-state index in [4.69, 9.17) is 0 Å². The van der Waals surface area contributed by atoms with E-state index in [2.05, 4.69) is 33.4 Å². The molecule has 45 heavy (non-hydrogen) atoms. The van der Waals surface area contributed by atoms with Crippen LogP contribution in [0.1, 0.15) is 153 Å². The maximum absolute atomic E-state index is 15.8. The van der Waals surface area contributed by atoms with Crippen LogP contribution in [0.15, 0.2) is 22.9 Å². The average Bonchev–Trinajstić information content (AvgIpc) is 3.82. The normalized spacial score (nSPS) is 11.7. The van der Waals surface area contributed by atoms with Crippen molar-refractivity contribution in [2.75, 3.05) is 0 Å². The van der Waals surface area contributed by atoms with Crippen LogP contribution in [0.3, 0.4) is 0 Å². The zero-order valence-corrected chi connectivity index (χ0v) is 30.2. The Labute approximate surface area is 283 Å². The Morgan fingerprint density at radius 3 is 1.18 bits per heavy atom. The second-order valence-electron chi connectivity index (χ2n) is 12.8. The van der Waals surface area contributed by atoms with Crippen LogP contribution in [0, 0.1) is 11.6 Å². The first-order valence-corrected chi connectivity index (χ1v) is 20.4. The summed E-state index contributed by atoms with van der Waals surface area (Å²) in [6, 6.07) is 4.06. The third kappa shape index (κ3) is 11.2. The summed E-state index contributed by atoms with van der Waals surface area (Å²) in [5.74, 6) is -1.61. The van der Waals surface area contributed by atoms with Crippen molar-refractivity contribution in [3.05, 3.63) is 45.7 Å². The number of aromatic nitrogens is 2. The molecule has 0 aliphatic carbocycles. The summed E-state index contributed by atoms with van der Waals surface area (Å²) in [7, 11) is 0. The van der Waals surface area contributed by atoms with Crippen molar-refractivity contribution >= 4 is 45.4 Å². The summed E-state index contributed by atoms with van der Waals surface area (Å²) in [5, 5.41) is 4.19. The maximum Gasteiger partial charge on any atom is 0.170 e. The molecule has 0 saturated carbocycles. The van der Waals surface area contributed by atoms with Gasteiger partial charge in [-0.1, -0.05) is 129 Å². The number of rotatable bonds is 24. The van der Waals surface area contributed by atoms with Crippen molar-refractivity contribution in [1.82, 2.24) is 8.75 Å². The molecule has 7 heteroatoms. The summed E-state index contributed by atoms with van der Waals surface area (Å²) >= 11 is 4.00. The molecule has 4 rings (SSSR count). The molecule has 4 aromatic rings. The molecule has 0 N–H and O–H groups in total. The monoisotopic (exact) mass is 672 g/mol. The van der Waals surface area contributed by atoms with Gasteiger partial charge in [-0.3, -0.25) is 0 Å². The van der Waals surface area contributed by atoms with Gasteiger partial charge in [0, 0.05) is 9.75 Å². The van der Waals surface area contributed by atoms with Crippen molar-refractivity contribution < 1.29 is 8.78 Å². The molecule has 248 valence electrons. The van der Waals surface area contributed by atoms with Gasteiger partial charge in [0.05, 0.1) is 22.9 Å². The highest BCUT2D eigenvalue weighted by Gasteiger charge is 2.26. The van der Waals surface area contributed by atoms with Crippen molar-refractivity contribution in [2.45, 2.75) is 155 Å². The highest BCUT2D eigenvalue weighted by Crippen LogP contribution is 2.43. The van der Waals surface area contributed by atoms with Gasteiger partial charge < -0.3 is 0 Å². The summed E-state index contributed by atoms with van der Waals surface area (Å²) in [6.45, 7) is 4.52. The molecule has 3 heterocycles. The summed E-state index contributed by atoms with van der Waals surface area (Å²) in [6.07, 6.45) is 28.1. The van der Waals surface area contributed by atoms with Crippen LogP contribution in [0.2, 0.25) is 0 Å². The van der Waals surface area contributed by atoms with Crippen LogP contribution < -0.4 is 0 Å². The first-order valence-electron chi connectivity index (χ1n) is 17.9. The van der Waals surface area contributed by atoms with Gasteiger partial charge in [-0.2, -0.15) is 8.75 Å². The molecule has 1 aromatic carbocycles. The number of unbranched alkanes of at least 4 members (excludes halogenated alkanes) is 18. The smallest absolute Gasteiger partial charge is 0.170 e. The third-order valence-corrected chi connectivity index (χ3v) is 11.6. The lowest BCUT2D eigenvalue weighted by Gasteiger charge is -2.08. The number of thiophene rings is 2. The van der Waals surface area contributed by atoms with Crippen molar-refractivity contribution in [1.29, 1.82) is 0 Å².